The minimum absolute atomic E-state index is 0.0999. The summed E-state index contributed by atoms with van der Waals surface area (Å²) in [5.74, 6) is -0.821. The third-order valence-corrected chi connectivity index (χ3v) is 3.75. The van der Waals surface area contributed by atoms with E-state index in [2.05, 4.69) is 5.32 Å². The predicted octanol–water partition coefficient (Wildman–Crippen LogP) is 3.43. The molecule has 18 heavy (non-hydrogen) atoms. The highest BCUT2D eigenvalue weighted by Gasteiger charge is 2.13. The zero-order valence-electron chi connectivity index (χ0n) is 10.3. The van der Waals surface area contributed by atoms with Gasteiger partial charge in [0.2, 0.25) is 0 Å². The van der Waals surface area contributed by atoms with E-state index < -0.39 is 5.82 Å². The summed E-state index contributed by atoms with van der Waals surface area (Å²) >= 11 is 1.59. The van der Waals surface area contributed by atoms with Crippen molar-refractivity contribution >= 4 is 17.2 Å². The van der Waals surface area contributed by atoms with Gasteiger partial charge in [0, 0.05) is 6.54 Å². The molecule has 0 radical (unpaired) electrons. The molecule has 0 atom stereocenters. The van der Waals surface area contributed by atoms with Crippen LogP contribution >= 0.6 is 11.3 Å². The molecule has 0 bridgehead atoms. The summed E-state index contributed by atoms with van der Waals surface area (Å²) in [6, 6.07) is 4.83. The molecule has 4 heteroatoms. The van der Waals surface area contributed by atoms with Gasteiger partial charge in [-0.05, 0) is 47.4 Å². The highest BCUT2D eigenvalue weighted by molar-refractivity contribution is 7.08. The second-order valence-electron chi connectivity index (χ2n) is 4.20. The number of carbonyl (C=O) groups excluding carboxylic acids is 1. The summed E-state index contributed by atoms with van der Waals surface area (Å²) in [4.78, 5) is 11.9. The van der Waals surface area contributed by atoms with E-state index in [1.54, 1.807) is 30.4 Å². The lowest BCUT2D eigenvalue weighted by atomic mass is 10.1. The highest BCUT2D eigenvalue weighted by atomic mass is 32.1. The number of amides is 1. The molecule has 0 aliphatic rings. The highest BCUT2D eigenvalue weighted by Crippen LogP contribution is 2.15. The van der Waals surface area contributed by atoms with E-state index >= 15 is 0 Å². The molecule has 1 heterocycles. The molecule has 0 saturated carbocycles. The van der Waals surface area contributed by atoms with Crippen LogP contribution < -0.4 is 5.32 Å². The number of aryl methyl sites for hydroxylation is 2. The summed E-state index contributed by atoms with van der Waals surface area (Å²) in [6.07, 6.45) is 0. The van der Waals surface area contributed by atoms with Gasteiger partial charge in [-0.15, -0.1) is 0 Å². The Morgan fingerprint density at radius 1 is 1.28 bits per heavy atom. The van der Waals surface area contributed by atoms with Gasteiger partial charge in [-0.3, -0.25) is 4.79 Å². The first-order chi connectivity index (χ1) is 8.59. The summed E-state index contributed by atoms with van der Waals surface area (Å²) < 4.78 is 13.7. The van der Waals surface area contributed by atoms with Gasteiger partial charge in [-0.25, -0.2) is 4.39 Å². The number of halogens is 1. The Kier molecular flexibility index (Phi) is 3.77. The van der Waals surface area contributed by atoms with Crippen molar-refractivity contribution in [2.24, 2.45) is 0 Å². The van der Waals surface area contributed by atoms with Crippen LogP contribution in [-0.2, 0) is 6.54 Å². The molecule has 0 aliphatic heterocycles. The van der Waals surface area contributed by atoms with Crippen molar-refractivity contribution in [1.29, 1.82) is 0 Å². The first-order valence-electron chi connectivity index (χ1n) is 5.64. The largest absolute Gasteiger partial charge is 0.348 e. The van der Waals surface area contributed by atoms with Crippen LogP contribution in [-0.4, -0.2) is 5.91 Å². The molecule has 94 valence electrons. The first kappa shape index (κ1) is 12.8. The van der Waals surface area contributed by atoms with Crippen LogP contribution in [0.1, 0.15) is 27.0 Å². The zero-order chi connectivity index (χ0) is 13.1. The maximum atomic E-state index is 13.7. The number of hydrogen-bond acceptors (Lipinski definition) is 2. The lowest BCUT2D eigenvalue weighted by molar-refractivity contribution is 0.0946. The number of thiophene rings is 1. The Morgan fingerprint density at radius 2 is 2.06 bits per heavy atom. The molecular weight excluding hydrogens is 249 g/mol. The molecule has 1 aromatic carbocycles. The van der Waals surface area contributed by atoms with Crippen LogP contribution in [0.5, 0.6) is 0 Å². The molecule has 2 nitrogen and oxygen atoms in total. The molecular formula is C14H14FNOS. The summed E-state index contributed by atoms with van der Waals surface area (Å²) in [6.45, 7) is 4.07. The Bertz CT molecular complexity index is 577. The fourth-order valence-electron chi connectivity index (χ4n) is 1.66. The normalized spacial score (nSPS) is 10.4. The minimum atomic E-state index is -0.447. The maximum Gasteiger partial charge on any atom is 0.254 e. The molecule has 0 unspecified atom stereocenters. The lowest BCUT2D eigenvalue weighted by Crippen LogP contribution is -2.24. The molecule has 1 amide bonds. The summed E-state index contributed by atoms with van der Waals surface area (Å²) in [5, 5.41) is 6.75. The van der Waals surface area contributed by atoms with Crippen molar-refractivity contribution in [3.63, 3.8) is 0 Å². The molecule has 2 aromatic rings. The smallest absolute Gasteiger partial charge is 0.254 e. The Labute approximate surface area is 109 Å². The molecule has 1 aromatic heterocycles. The van der Waals surface area contributed by atoms with E-state index in [0.717, 1.165) is 11.1 Å². The Hall–Kier alpha value is -1.68. The van der Waals surface area contributed by atoms with Crippen molar-refractivity contribution < 1.29 is 9.18 Å². The van der Waals surface area contributed by atoms with Gasteiger partial charge in [-0.1, -0.05) is 12.1 Å². The molecule has 0 aliphatic carbocycles. The SMILES string of the molecule is Cc1cscc1CNC(=O)c1cccc(C)c1F. The lowest BCUT2D eigenvalue weighted by Gasteiger charge is -2.07. The average molecular weight is 263 g/mol. The molecule has 1 N–H and O–H groups in total. The van der Waals surface area contributed by atoms with E-state index in [4.69, 9.17) is 0 Å². The van der Waals surface area contributed by atoms with Crippen molar-refractivity contribution in [3.05, 3.63) is 57.0 Å². The van der Waals surface area contributed by atoms with Crippen LogP contribution in [0.25, 0.3) is 0 Å². The van der Waals surface area contributed by atoms with Crippen molar-refractivity contribution in [2.45, 2.75) is 20.4 Å². The number of hydrogen-bond donors (Lipinski definition) is 1. The van der Waals surface area contributed by atoms with Crippen LogP contribution in [0.4, 0.5) is 4.39 Å². The second-order valence-corrected chi connectivity index (χ2v) is 4.94. The fraction of sp³-hybridized carbons (Fsp3) is 0.214. The van der Waals surface area contributed by atoms with E-state index in [-0.39, 0.29) is 11.5 Å². The number of rotatable bonds is 3. The fourth-order valence-corrected chi connectivity index (χ4v) is 2.52. The third-order valence-electron chi connectivity index (χ3n) is 2.84. The molecule has 0 fully saturated rings. The minimum Gasteiger partial charge on any atom is -0.348 e. The topological polar surface area (TPSA) is 29.1 Å². The van der Waals surface area contributed by atoms with Crippen molar-refractivity contribution in [1.82, 2.24) is 5.32 Å². The van der Waals surface area contributed by atoms with Gasteiger partial charge in [0.25, 0.3) is 5.91 Å². The van der Waals surface area contributed by atoms with Gasteiger partial charge in [-0.2, -0.15) is 11.3 Å². The van der Waals surface area contributed by atoms with Crippen LogP contribution in [0.15, 0.2) is 29.0 Å². The quantitative estimate of drug-likeness (QED) is 0.903. The first-order valence-corrected chi connectivity index (χ1v) is 6.59. The Balaban J connectivity index is 2.09. The Morgan fingerprint density at radius 3 is 2.72 bits per heavy atom. The van der Waals surface area contributed by atoms with Crippen LogP contribution in [0.3, 0.4) is 0 Å². The van der Waals surface area contributed by atoms with E-state index in [1.807, 2.05) is 17.7 Å². The summed E-state index contributed by atoms with van der Waals surface area (Å²) in [7, 11) is 0. The van der Waals surface area contributed by atoms with Gasteiger partial charge in [0.15, 0.2) is 0 Å². The number of benzene rings is 1. The number of nitrogens with one attached hydrogen (secondary N) is 1. The standard InChI is InChI=1S/C14H14FNOS/c1-9-4-3-5-12(13(9)15)14(17)16-6-11-8-18-7-10(11)2/h3-5,7-8H,6H2,1-2H3,(H,16,17). The van der Waals surface area contributed by atoms with E-state index in [9.17, 15) is 9.18 Å². The average Bonchev–Trinajstić information content (AvgIpc) is 2.75. The third kappa shape index (κ3) is 2.59. The zero-order valence-corrected chi connectivity index (χ0v) is 11.1. The van der Waals surface area contributed by atoms with E-state index in [1.165, 1.54) is 6.07 Å². The van der Waals surface area contributed by atoms with Gasteiger partial charge in [0.1, 0.15) is 5.82 Å². The molecule has 0 spiro atoms. The van der Waals surface area contributed by atoms with Crippen LogP contribution in [0.2, 0.25) is 0 Å². The van der Waals surface area contributed by atoms with Crippen molar-refractivity contribution in [2.75, 3.05) is 0 Å². The molecule has 0 saturated heterocycles. The maximum absolute atomic E-state index is 13.7. The van der Waals surface area contributed by atoms with Gasteiger partial charge >= 0.3 is 0 Å². The summed E-state index contributed by atoms with van der Waals surface area (Å²) in [5.41, 5.74) is 2.80. The van der Waals surface area contributed by atoms with Crippen molar-refractivity contribution in [3.8, 4) is 0 Å². The molecule has 2 rings (SSSR count). The van der Waals surface area contributed by atoms with Crippen LogP contribution in [0, 0.1) is 19.7 Å². The second kappa shape index (κ2) is 5.31. The van der Waals surface area contributed by atoms with Gasteiger partial charge in [0.05, 0.1) is 5.56 Å². The van der Waals surface area contributed by atoms with Gasteiger partial charge < -0.3 is 5.32 Å². The predicted molar refractivity (Wildman–Crippen MR) is 71.4 cm³/mol. The monoisotopic (exact) mass is 263 g/mol. The van der Waals surface area contributed by atoms with E-state index in [0.29, 0.717) is 12.1 Å². The number of carbonyl (C=O) groups is 1.